The number of aromatic nitrogens is 3. The summed E-state index contributed by atoms with van der Waals surface area (Å²) in [5, 5.41) is 4.62. The Morgan fingerprint density at radius 3 is 2.92 bits per heavy atom. The second-order valence-electron chi connectivity index (χ2n) is 6.60. The van der Waals surface area contributed by atoms with Gasteiger partial charge in [-0.15, -0.1) is 0 Å². The van der Waals surface area contributed by atoms with Crippen molar-refractivity contribution in [3.8, 4) is 11.4 Å². The monoisotopic (exact) mass is 335 g/mol. The summed E-state index contributed by atoms with van der Waals surface area (Å²) in [6, 6.07) is 8.44. The Labute approximate surface area is 146 Å². The number of aromatic amines is 1. The lowest BCUT2D eigenvalue weighted by molar-refractivity contribution is 0.122. The van der Waals surface area contributed by atoms with Crippen LogP contribution in [0.2, 0.25) is 0 Å². The van der Waals surface area contributed by atoms with Crippen molar-refractivity contribution in [2.45, 2.75) is 13.0 Å². The summed E-state index contributed by atoms with van der Waals surface area (Å²) >= 11 is 0. The molecule has 0 radical (unpaired) electrons. The number of hydrogen-bond donors (Lipinski definition) is 2. The molecule has 0 spiro atoms. The van der Waals surface area contributed by atoms with E-state index < -0.39 is 0 Å². The highest BCUT2D eigenvalue weighted by Crippen LogP contribution is 2.29. The zero-order valence-electron chi connectivity index (χ0n) is 14.1. The third-order valence-corrected chi connectivity index (χ3v) is 5.04. The molecule has 6 heteroatoms. The zero-order valence-corrected chi connectivity index (χ0v) is 14.1. The first-order valence-corrected chi connectivity index (χ1v) is 8.89. The molecule has 2 N–H and O–H groups in total. The smallest absolute Gasteiger partial charge is 0.161 e. The van der Waals surface area contributed by atoms with Crippen LogP contribution in [0.4, 0.5) is 5.82 Å². The van der Waals surface area contributed by atoms with Crippen LogP contribution in [0.25, 0.3) is 22.3 Å². The van der Waals surface area contributed by atoms with E-state index in [1.54, 1.807) is 0 Å². The fraction of sp³-hybridized carbons (Fsp3) is 0.368. The third kappa shape index (κ3) is 2.67. The lowest BCUT2D eigenvalue weighted by Crippen LogP contribution is -2.39. The molecule has 25 heavy (non-hydrogen) atoms. The number of fused-ring (bicyclic) bond motifs is 2. The van der Waals surface area contributed by atoms with Crippen LogP contribution in [0.15, 0.2) is 30.5 Å². The van der Waals surface area contributed by atoms with Crippen molar-refractivity contribution in [3.05, 3.63) is 41.7 Å². The second kappa shape index (κ2) is 6.13. The largest absolute Gasteiger partial charge is 0.378 e. The van der Waals surface area contributed by atoms with Gasteiger partial charge in [0.1, 0.15) is 5.82 Å². The predicted octanol–water partition coefficient (Wildman–Crippen LogP) is 2.11. The van der Waals surface area contributed by atoms with E-state index in [1.807, 2.05) is 6.20 Å². The van der Waals surface area contributed by atoms with Crippen LogP contribution in [0.3, 0.4) is 0 Å². The Morgan fingerprint density at radius 1 is 1.08 bits per heavy atom. The summed E-state index contributed by atoms with van der Waals surface area (Å²) in [6.45, 7) is 5.13. The molecule has 0 saturated carbocycles. The summed E-state index contributed by atoms with van der Waals surface area (Å²) in [5.74, 6) is 1.91. The molecule has 0 bridgehead atoms. The molecule has 6 nitrogen and oxygen atoms in total. The molecule has 0 atom stereocenters. The SMILES string of the molecule is c1cc2cc(-c3nc4c(c(N5CCOCC5)n3)CCNC4)ccc2[nH]1. The minimum Gasteiger partial charge on any atom is -0.378 e. The summed E-state index contributed by atoms with van der Waals surface area (Å²) in [6.07, 6.45) is 2.95. The van der Waals surface area contributed by atoms with Gasteiger partial charge in [-0.1, -0.05) is 0 Å². The topological polar surface area (TPSA) is 66.1 Å². The molecule has 3 aromatic rings. The first kappa shape index (κ1) is 14.9. The summed E-state index contributed by atoms with van der Waals surface area (Å²) in [7, 11) is 0. The number of hydrogen-bond acceptors (Lipinski definition) is 5. The van der Waals surface area contributed by atoms with E-state index in [4.69, 9.17) is 14.7 Å². The van der Waals surface area contributed by atoms with Crippen molar-refractivity contribution in [1.82, 2.24) is 20.3 Å². The number of anilines is 1. The molecule has 1 saturated heterocycles. The van der Waals surface area contributed by atoms with Gasteiger partial charge >= 0.3 is 0 Å². The molecule has 2 aromatic heterocycles. The van der Waals surface area contributed by atoms with Gasteiger partial charge < -0.3 is 19.9 Å². The molecule has 128 valence electrons. The normalized spacial score (nSPS) is 17.7. The lowest BCUT2D eigenvalue weighted by atomic mass is 10.1. The molecule has 5 rings (SSSR count). The standard InChI is InChI=1S/C19H21N5O/c1-2-16-13(3-6-21-16)11-14(1)18-22-17-12-20-5-4-15(17)19(23-18)24-7-9-25-10-8-24/h1-3,6,11,20-21H,4-5,7-10,12H2. The first-order chi connectivity index (χ1) is 12.4. The molecule has 1 aromatic carbocycles. The van der Waals surface area contributed by atoms with Crippen molar-refractivity contribution < 1.29 is 4.74 Å². The second-order valence-corrected chi connectivity index (χ2v) is 6.60. The van der Waals surface area contributed by atoms with Gasteiger partial charge in [-0.3, -0.25) is 0 Å². The average Bonchev–Trinajstić information content (AvgIpc) is 3.15. The van der Waals surface area contributed by atoms with Crippen LogP contribution in [0.1, 0.15) is 11.3 Å². The van der Waals surface area contributed by atoms with Crippen LogP contribution in [0.5, 0.6) is 0 Å². The third-order valence-electron chi connectivity index (χ3n) is 5.04. The van der Waals surface area contributed by atoms with Gasteiger partial charge in [-0.05, 0) is 37.2 Å². The molecule has 0 unspecified atom stereocenters. The molecule has 2 aliphatic heterocycles. The Hall–Kier alpha value is -2.44. The molecular formula is C19H21N5O. The van der Waals surface area contributed by atoms with E-state index in [9.17, 15) is 0 Å². The fourth-order valence-electron chi connectivity index (χ4n) is 3.70. The quantitative estimate of drug-likeness (QED) is 0.751. The van der Waals surface area contributed by atoms with E-state index in [0.717, 1.165) is 74.2 Å². The van der Waals surface area contributed by atoms with Gasteiger partial charge in [-0.25, -0.2) is 9.97 Å². The predicted molar refractivity (Wildman–Crippen MR) is 97.8 cm³/mol. The Kier molecular flexibility index (Phi) is 3.64. The maximum absolute atomic E-state index is 5.52. The zero-order chi connectivity index (χ0) is 16.6. The van der Waals surface area contributed by atoms with Crippen LogP contribution >= 0.6 is 0 Å². The number of nitrogens with one attached hydrogen (secondary N) is 2. The van der Waals surface area contributed by atoms with Gasteiger partial charge in [0.05, 0.1) is 18.9 Å². The molecular weight excluding hydrogens is 314 g/mol. The summed E-state index contributed by atoms with van der Waals surface area (Å²) < 4.78 is 5.52. The minimum absolute atomic E-state index is 0.766. The van der Waals surface area contributed by atoms with Crippen molar-refractivity contribution in [3.63, 3.8) is 0 Å². The molecule has 0 aliphatic carbocycles. The van der Waals surface area contributed by atoms with Gasteiger partial charge in [0.25, 0.3) is 0 Å². The summed E-state index contributed by atoms with van der Waals surface area (Å²) in [5.41, 5.74) is 4.63. The number of benzene rings is 1. The fourth-order valence-corrected chi connectivity index (χ4v) is 3.70. The van der Waals surface area contributed by atoms with Gasteiger partial charge in [0.2, 0.25) is 0 Å². The lowest BCUT2D eigenvalue weighted by Gasteiger charge is -2.31. The van der Waals surface area contributed by atoms with E-state index in [-0.39, 0.29) is 0 Å². The number of ether oxygens (including phenoxy) is 1. The highest BCUT2D eigenvalue weighted by atomic mass is 16.5. The molecule has 0 amide bonds. The van der Waals surface area contributed by atoms with E-state index in [1.165, 1.54) is 10.9 Å². The first-order valence-electron chi connectivity index (χ1n) is 8.89. The van der Waals surface area contributed by atoms with Crippen molar-refractivity contribution in [1.29, 1.82) is 0 Å². The highest BCUT2D eigenvalue weighted by molar-refractivity contribution is 5.84. The number of H-pyrrole nitrogens is 1. The van der Waals surface area contributed by atoms with Gasteiger partial charge in [-0.2, -0.15) is 0 Å². The van der Waals surface area contributed by atoms with Gasteiger partial charge in [0.15, 0.2) is 5.82 Å². The number of morpholine rings is 1. The molecule has 4 heterocycles. The molecule has 1 fully saturated rings. The summed E-state index contributed by atoms with van der Waals surface area (Å²) in [4.78, 5) is 15.5. The Morgan fingerprint density at radius 2 is 2.00 bits per heavy atom. The van der Waals surface area contributed by atoms with Crippen LogP contribution in [0, 0.1) is 0 Å². The van der Waals surface area contributed by atoms with Crippen LogP contribution < -0.4 is 10.2 Å². The highest BCUT2D eigenvalue weighted by Gasteiger charge is 2.23. The van der Waals surface area contributed by atoms with E-state index >= 15 is 0 Å². The minimum atomic E-state index is 0.766. The number of nitrogens with zero attached hydrogens (tertiary/aromatic N) is 3. The van der Waals surface area contributed by atoms with Crippen molar-refractivity contribution in [2.75, 3.05) is 37.7 Å². The average molecular weight is 335 g/mol. The van der Waals surface area contributed by atoms with E-state index in [2.05, 4.69) is 39.5 Å². The van der Waals surface area contributed by atoms with Crippen molar-refractivity contribution in [2.24, 2.45) is 0 Å². The van der Waals surface area contributed by atoms with Crippen LogP contribution in [-0.4, -0.2) is 47.8 Å². The number of rotatable bonds is 2. The Bertz CT molecular complexity index is 913. The van der Waals surface area contributed by atoms with E-state index in [0.29, 0.717) is 0 Å². The van der Waals surface area contributed by atoms with Gasteiger partial charge in [0, 0.05) is 47.9 Å². The van der Waals surface area contributed by atoms with Crippen molar-refractivity contribution >= 4 is 16.7 Å². The maximum atomic E-state index is 5.52. The Balaban J connectivity index is 1.63. The molecule has 2 aliphatic rings. The maximum Gasteiger partial charge on any atom is 0.161 e. The van der Waals surface area contributed by atoms with Crippen LogP contribution in [-0.2, 0) is 17.7 Å².